The topological polar surface area (TPSA) is 46.5 Å². The number of aromatic nitrogens is 1. The second kappa shape index (κ2) is 8.51. The molecule has 0 aliphatic rings. The Morgan fingerprint density at radius 1 is 1.00 bits per heavy atom. The average Bonchev–Trinajstić information content (AvgIpc) is 2.64. The average molecular weight is 372 g/mol. The molecule has 3 aromatic rings. The zero-order chi connectivity index (χ0) is 17.5. The van der Waals surface area contributed by atoms with Crippen molar-refractivity contribution in [1.82, 2.24) is 4.98 Å². The fourth-order valence-corrected chi connectivity index (χ4v) is 2.40. The van der Waals surface area contributed by atoms with Crippen LogP contribution in [-0.2, 0) is 6.61 Å². The largest absolute Gasteiger partial charge is 0.489 e. The smallest absolute Gasteiger partial charge is 0.146 e. The minimum Gasteiger partial charge on any atom is -0.489 e. The SMILES string of the molecule is Clc1ccc(COc2cccc(C=NNc3ccccn3)c2)cc1Cl. The number of nitrogens with one attached hydrogen (secondary N) is 1. The highest BCUT2D eigenvalue weighted by Crippen LogP contribution is 2.23. The monoisotopic (exact) mass is 371 g/mol. The zero-order valence-electron chi connectivity index (χ0n) is 13.2. The van der Waals surface area contributed by atoms with Crippen LogP contribution in [0.4, 0.5) is 5.82 Å². The van der Waals surface area contributed by atoms with Crippen molar-refractivity contribution in [2.45, 2.75) is 6.61 Å². The summed E-state index contributed by atoms with van der Waals surface area (Å²) >= 11 is 11.9. The van der Waals surface area contributed by atoms with Crippen LogP contribution in [0.5, 0.6) is 5.75 Å². The Morgan fingerprint density at radius 3 is 2.72 bits per heavy atom. The zero-order valence-corrected chi connectivity index (χ0v) is 14.7. The van der Waals surface area contributed by atoms with E-state index in [1.54, 1.807) is 24.5 Å². The molecule has 1 heterocycles. The fourth-order valence-electron chi connectivity index (χ4n) is 2.08. The van der Waals surface area contributed by atoms with E-state index in [1.165, 1.54) is 0 Å². The number of pyridine rings is 1. The van der Waals surface area contributed by atoms with Gasteiger partial charge in [0.05, 0.1) is 16.3 Å². The van der Waals surface area contributed by atoms with Crippen molar-refractivity contribution in [2.75, 3.05) is 5.43 Å². The van der Waals surface area contributed by atoms with E-state index in [-0.39, 0.29) is 0 Å². The predicted octanol–water partition coefficient (Wildman–Crippen LogP) is 5.41. The van der Waals surface area contributed by atoms with Crippen LogP contribution in [0.3, 0.4) is 0 Å². The molecule has 0 spiro atoms. The predicted molar refractivity (Wildman–Crippen MR) is 103 cm³/mol. The highest BCUT2D eigenvalue weighted by molar-refractivity contribution is 6.42. The third-order valence-corrected chi connectivity index (χ3v) is 4.04. The first-order valence-electron chi connectivity index (χ1n) is 7.57. The van der Waals surface area contributed by atoms with Gasteiger partial charge in [0.15, 0.2) is 0 Å². The molecule has 126 valence electrons. The van der Waals surface area contributed by atoms with Crippen LogP contribution in [-0.4, -0.2) is 11.2 Å². The molecule has 0 aliphatic carbocycles. The molecular weight excluding hydrogens is 357 g/mol. The summed E-state index contributed by atoms with van der Waals surface area (Å²) in [7, 11) is 0. The molecule has 6 heteroatoms. The third-order valence-electron chi connectivity index (χ3n) is 3.31. The number of hydrogen-bond acceptors (Lipinski definition) is 4. The number of ether oxygens (including phenoxy) is 1. The Morgan fingerprint density at radius 2 is 1.92 bits per heavy atom. The number of anilines is 1. The van der Waals surface area contributed by atoms with Crippen molar-refractivity contribution < 1.29 is 4.74 Å². The van der Waals surface area contributed by atoms with Gasteiger partial charge in [0, 0.05) is 6.20 Å². The molecule has 0 aliphatic heterocycles. The number of hydrogen-bond donors (Lipinski definition) is 1. The van der Waals surface area contributed by atoms with E-state index >= 15 is 0 Å². The van der Waals surface area contributed by atoms with Gasteiger partial charge in [-0.05, 0) is 47.5 Å². The Labute approximate surface area is 156 Å². The molecule has 0 saturated heterocycles. The molecule has 2 aromatic carbocycles. The van der Waals surface area contributed by atoms with Crippen LogP contribution in [0.15, 0.2) is 72.0 Å². The summed E-state index contributed by atoms with van der Waals surface area (Å²) in [6, 6.07) is 18.7. The lowest BCUT2D eigenvalue weighted by atomic mass is 10.2. The third kappa shape index (κ3) is 5.21. The Kier molecular flexibility index (Phi) is 5.88. The van der Waals surface area contributed by atoms with Gasteiger partial charge in [-0.1, -0.05) is 47.5 Å². The maximum atomic E-state index is 6.01. The molecule has 0 radical (unpaired) electrons. The van der Waals surface area contributed by atoms with Crippen LogP contribution in [0.1, 0.15) is 11.1 Å². The maximum Gasteiger partial charge on any atom is 0.146 e. The first kappa shape index (κ1) is 17.3. The molecule has 25 heavy (non-hydrogen) atoms. The number of halogens is 2. The molecule has 1 aromatic heterocycles. The minimum absolute atomic E-state index is 0.406. The summed E-state index contributed by atoms with van der Waals surface area (Å²) in [5.41, 5.74) is 4.73. The second-order valence-electron chi connectivity index (χ2n) is 5.19. The Bertz CT molecular complexity index is 870. The summed E-state index contributed by atoms with van der Waals surface area (Å²) in [6.45, 7) is 0.406. The lowest BCUT2D eigenvalue weighted by molar-refractivity contribution is 0.306. The van der Waals surface area contributed by atoms with E-state index in [0.717, 1.165) is 16.9 Å². The first-order chi connectivity index (χ1) is 12.2. The van der Waals surface area contributed by atoms with Gasteiger partial charge in [0.1, 0.15) is 18.2 Å². The molecule has 0 atom stereocenters. The summed E-state index contributed by atoms with van der Waals surface area (Å²) in [5.74, 6) is 1.43. The summed E-state index contributed by atoms with van der Waals surface area (Å²) < 4.78 is 5.80. The summed E-state index contributed by atoms with van der Waals surface area (Å²) in [4.78, 5) is 4.13. The van der Waals surface area contributed by atoms with Gasteiger partial charge in [0.2, 0.25) is 0 Å². The van der Waals surface area contributed by atoms with E-state index in [2.05, 4.69) is 15.5 Å². The summed E-state index contributed by atoms with van der Waals surface area (Å²) in [5, 5.41) is 5.22. The van der Waals surface area contributed by atoms with E-state index in [0.29, 0.717) is 22.5 Å². The van der Waals surface area contributed by atoms with Crippen molar-refractivity contribution in [3.63, 3.8) is 0 Å². The molecule has 1 N–H and O–H groups in total. The molecule has 0 amide bonds. The lowest BCUT2D eigenvalue weighted by Gasteiger charge is -2.08. The first-order valence-corrected chi connectivity index (χ1v) is 8.33. The molecular formula is C19H15Cl2N3O. The second-order valence-corrected chi connectivity index (χ2v) is 6.01. The minimum atomic E-state index is 0.406. The van der Waals surface area contributed by atoms with E-state index in [4.69, 9.17) is 27.9 Å². The number of rotatable bonds is 6. The Hall–Kier alpha value is -2.56. The van der Waals surface area contributed by atoms with Crippen LogP contribution in [0.25, 0.3) is 0 Å². The van der Waals surface area contributed by atoms with Crippen LogP contribution in [0, 0.1) is 0 Å². The highest BCUT2D eigenvalue weighted by atomic mass is 35.5. The van der Waals surface area contributed by atoms with Gasteiger partial charge in [-0.2, -0.15) is 5.10 Å². The van der Waals surface area contributed by atoms with Crippen molar-refractivity contribution in [2.24, 2.45) is 5.10 Å². The quantitative estimate of drug-likeness (QED) is 0.465. The summed E-state index contributed by atoms with van der Waals surface area (Å²) in [6.07, 6.45) is 3.41. The normalized spacial score (nSPS) is 10.8. The van der Waals surface area contributed by atoms with Crippen molar-refractivity contribution in [3.8, 4) is 5.75 Å². The van der Waals surface area contributed by atoms with Gasteiger partial charge >= 0.3 is 0 Å². The fraction of sp³-hybridized carbons (Fsp3) is 0.0526. The molecule has 0 bridgehead atoms. The van der Waals surface area contributed by atoms with E-state index < -0.39 is 0 Å². The Balaban J connectivity index is 1.60. The number of benzene rings is 2. The van der Waals surface area contributed by atoms with Crippen LogP contribution >= 0.6 is 23.2 Å². The number of nitrogens with zero attached hydrogens (tertiary/aromatic N) is 2. The van der Waals surface area contributed by atoms with Gasteiger partial charge < -0.3 is 4.74 Å². The van der Waals surface area contributed by atoms with E-state index in [1.807, 2.05) is 48.5 Å². The van der Waals surface area contributed by atoms with Gasteiger partial charge in [-0.3, -0.25) is 5.43 Å². The lowest BCUT2D eigenvalue weighted by Crippen LogP contribution is -1.96. The van der Waals surface area contributed by atoms with Crippen molar-refractivity contribution in [1.29, 1.82) is 0 Å². The standard InChI is InChI=1S/C19H15Cl2N3O/c20-17-8-7-15(11-18(17)21)13-25-16-5-3-4-14(10-16)12-23-24-19-6-1-2-9-22-19/h1-12H,13H2,(H,22,24). The van der Waals surface area contributed by atoms with Crippen molar-refractivity contribution >= 4 is 35.2 Å². The van der Waals surface area contributed by atoms with Gasteiger partial charge in [0.25, 0.3) is 0 Å². The molecule has 4 nitrogen and oxygen atoms in total. The number of hydrazone groups is 1. The molecule has 0 unspecified atom stereocenters. The molecule has 0 saturated carbocycles. The highest BCUT2D eigenvalue weighted by Gasteiger charge is 2.01. The van der Waals surface area contributed by atoms with Crippen molar-refractivity contribution in [3.05, 3.63) is 88.0 Å². The van der Waals surface area contributed by atoms with E-state index in [9.17, 15) is 0 Å². The molecule has 3 rings (SSSR count). The molecule has 0 fully saturated rings. The van der Waals surface area contributed by atoms with Crippen LogP contribution in [0.2, 0.25) is 10.0 Å². The van der Waals surface area contributed by atoms with Crippen LogP contribution < -0.4 is 10.2 Å². The van der Waals surface area contributed by atoms with Gasteiger partial charge in [-0.15, -0.1) is 0 Å². The van der Waals surface area contributed by atoms with Gasteiger partial charge in [-0.25, -0.2) is 4.98 Å². The maximum absolute atomic E-state index is 6.01.